The first kappa shape index (κ1) is 29.4. The van der Waals surface area contributed by atoms with Crippen LogP contribution in [0.3, 0.4) is 0 Å². The Hall–Kier alpha value is -3.06. The van der Waals surface area contributed by atoms with E-state index < -0.39 is 19.5 Å². The lowest BCUT2D eigenvalue weighted by atomic mass is 9.89. The normalized spacial score (nSPS) is 25.9. The number of nitrogens with zero attached hydrogens (tertiary/aromatic N) is 1. The number of carbonyl (C=O) groups excluding carboxylic acids is 1. The molecule has 7 nitrogen and oxygen atoms in total. The van der Waals surface area contributed by atoms with Gasteiger partial charge < -0.3 is 19.2 Å². The minimum Gasteiger partial charge on any atom is -0.366 e. The van der Waals surface area contributed by atoms with Crippen LogP contribution >= 0.6 is 30.8 Å². The largest absolute Gasteiger partial charge is 0.366 e. The summed E-state index contributed by atoms with van der Waals surface area (Å²) in [7, 11) is -3.81. The van der Waals surface area contributed by atoms with Crippen LogP contribution in [-0.2, 0) is 23.2 Å². The lowest BCUT2D eigenvalue weighted by Crippen LogP contribution is -2.36. The highest BCUT2D eigenvalue weighted by atomic mass is 35.5. The van der Waals surface area contributed by atoms with E-state index in [2.05, 4.69) is 5.32 Å². The molecule has 41 heavy (non-hydrogen) atoms. The fourth-order valence-corrected chi connectivity index (χ4v) is 7.50. The first-order valence-electron chi connectivity index (χ1n) is 13.3. The molecule has 1 saturated heterocycles. The van der Waals surface area contributed by atoms with Crippen molar-refractivity contribution >= 4 is 48.1 Å². The molecule has 1 N–H and O–H groups in total. The molecule has 2 aliphatic heterocycles. The molecule has 0 bridgehead atoms. The highest BCUT2D eigenvalue weighted by Gasteiger charge is 2.48. The maximum atomic E-state index is 14.4. The number of carbonyl (C=O) groups is 1. The summed E-state index contributed by atoms with van der Waals surface area (Å²) in [5.41, 5.74) is 3.12. The van der Waals surface area contributed by atoms with Gasteiger partial charge in [-0.2, -0.15) is 5.06 Å². The van der Waals surface area contributed by atoms with Crippen molar-refractivity contribution in [2.45, 2.75) is 45.8 Å². The number of allylic oxidation sites excluding steroid dienone is 1. The van der Waals surface area contributed by atoms with E-state index in [1.54, 1.807) is 60.9 Å². The summed E-state index contributed by atoms with van der Waals surface area (Å²) in [6.45, 7) is 7.72. The molecular formula is C31H31Cl2N2O5P. The summed E-state index contributed by atoms with van der Waals surface area (Å²) in [5.74, 6) is -1.36. The first-order valence-corrected chi connectivity index (χ1v) is 15.6. The second kappa shape index (κ2) is 12.0. The summed E-state index contributed by atoms with van der Waals surface area (Å²) in [4.78, 5) is 20.1. The van der Waals surface area contributed by atoms with E-state index in [-0.39, 0.29) is 23.7 Å². The molecule has 214 valence electrons. The van der Waals surface area contributed by atoms with Gasteiger partial charge in [-0.05, 0) is 74.9 Å². The fraction of sp³-hybridized carbons (Fsp3) is 0.258. The van der Waals surface area contributed by atoms with Crippen LogP contribution in [0.1, 0.15) is 37.8 Å². The Morgan fingerprint density at radius 1 is 0.878 bits per heavy atom. The number of dihydropyridines is 1. The zero-order valence-corrected chi connectivity index (χ0v) is 25.5. The number of hydrogen-bond donors (Lipinski definition) is 1. The number of hydrogen-bond acceptors (Lipinski definition) is 7. The molecule has 0 aliphatic carbocycles. The predicted molar refractivity (Wildman–Crippen MR) is 162 cm³/mol. The Morgan fingerprint density at radius 2 is 1.44 bits per heavy atom. The Morgan fingerprint density at radius 3 is 1.98 bits per heavy atom. The first-order chi connectivity index (χ1) is 19.6. The summed E-state index contributed by atoms with van der Waals surface area (Å²) in [5, 5.41) is 5.83. The molecule has 0 amide bonds. The van der Waals surface area contributed by atoms with Gasteiger partial charge in [0.15, 0.2) is 0 Å². The average Bonchev–Trinajstić information content (AvgIpc) is 2.95. The highest BCUT2D eigenvalue weighted by Crippen LogP contribution is 2.66. The van der Waals surface area contributed by atoms with Crippen LogP contribution in [0.5, 0.6) is 0 Å². The van der Waals surface area contributed by atoms with Gasteiger partial charge in [0.25, 0.3) is 0 Å². The zero-order chi connectivity index (χ0) is 29.3. The van der Waals surface area contributed by atoms with Crippen molar-refractivity contribution in [3.63, 3.8) is 0 Å². The second-order valence-electron chi connectivity index (χ2n) is 10.3. The molecule has 1 fully saturated rings. The van der Waals surface area contributed by atoms with E-state index in [1.807, 2.05) is 52.0 Å². The van der Waals surface area contributed by atoms with Gasteiger partial charge in [-0.1, -0.05) is 60.0 Å². The van der Waals surface area contributed by atoms with Gasteiger partial charge in [0, 0.05) is 28.4 Å². The number of rotatable bonds is 6. The van der Waals surface area contributed by atoms with Crippen molar-refractivity contribution in [1.29, 1.82) is 0 Å². The Kier molecular flexibility index (Phi) is 8.65. The van der Waals surface area contributed by atoms with Gasteiger partial charge in [-0.15, -0.1) is 0 Å². The van der Waals surface area contributed by atoms with Crippen LogP contribution in [0.15, 0.2) is 96.1 Å². The van der Waals surface area contributed by atoms with Crippen LogP contribution in [0, 0.1) is 12.8 Å². The molecule has 0 radical (unpaired) electrons. The van der Waals surface area contributed by atoms with Crippen molar-refractivity contribution in [3.05, 3.63) is 117 Å². The summed E-state index contributed by atoms with van der Waals surface area (Å²) >= 11 is 12.3. The van der Waals surface area contributed by atoms with Gasteiger partial charge in [-0.3, -0.25) is 4.57 Å². The van der Waals surface area contributed by atoms with Gasteiger partial charge in [0.1, 0.15) is 0 Å². The molecule has 2 aliphatic rings. The second-order valence-corrected chi connectivity index (χ2v) is 13.1. The van der Waals surface area contributed by atoms with Crippen molar-refractivity contribution in [1.82, 2.24) is 5.32 Å². The van der Waals surface area contributed by atoms with Crippen molar-refractivity contribution in [2.24, 2.45) is 5.92 Å². The standard InChI is InChI=1S/C31H31Cl2N2O5P/c1-19-6-5-7-23(16-19)30-28(17-34-18-29(30)41(37)39-21(3)20(2)22(4)40-41)31(36)38-35(26-12-8-24(32)9-13-26)27-14-10-25(33)11-15-27/h5-18,20-22,30,34H,1-4H3. The molecule has 0 saturated carbocycles. The smallest absolute Gasteiger partial charge is 0.362 e. The average molecular weight is 613 g/mol. The maximum absolute atomic E-state index is 14.4. The van der Waals surface area contributed by atoms with Crippen LogP contribution in [0.2, 0.25) is 10.0 Å². The molecule has 2 heterocycles. The van der Waals surface area contributed by atoms with Crippen LogP contribution in [0.4, 0.5) is 11.4 Å². The monoisotopic (exact) mass is 612 g/mol. The van der Waals surface area contributed by atoms with Crippen molar-refractivity contribution < 1.29 is 23.2 Å². The van der Waals surface area contributed by atoms with Crippen LogP contribution < -0.4 is 10.4 Å². The molecule has 0 spiro atoms. The topological polar surface area (TPSA) is 77.1 Å². The molecule has 3 aromatic rings. The van der Waals surface area contributed by atoms with E-state index in [1.165, 1.54) is 5.06 Å². The predicted octanol–water partition coefficient (Wildman–Crippen LogP) is 8.66. The van der Waals surface area contributed by atoms with Gasteiger partial charge >= 0.3 is 13.6 Å². The molecule has 3 aromatic carbocycles. The summed E-state index contributed by atoms with van der Waals surface area (Å²) < 4.78 is 26.5. The lowest BCUT2D eigenvalue weighted by molar-refractivity contribution is -0.139. The SMILES string of the molecule is Cc1cccc(C2C(C(=O)ON(c3ccc(Cl)cc3)c3ccc(Cl)cc3)=CNC=C2P2(=O)OC(C)C(C)C(C)O2)c1. The Labute approximate surface area is 250 Å². The van der Waals surface area contributed by atoms with E-state index in [4.69, 9.17) is 37.1 Å². The Bertz CT molecular complexity index is 1480. The van der Waals surface area contributed by atoms with Crippen LogP contribution in [0.25, 0.3) is 0 Å². The maximum Gasteiger partial charge on any atom is 0.362 e. The Balaban J connectivity index is 1.54. The van der Waals surface area contributed by atoms with Gasteiger partial charge in [-0.25, -0.2) is 4.79 Å². The van der Waals surface area contributed by atoms with E-state index in [0.717, 1.165) is 11.1 Å². The molecule has 3 atom stereocenters. The lowest BCUT2D eigenvalue weighted by Gasteiger charge is -2.40. The minimum atomic E-state index is -3.81. The van der Waals surface area contributed by atoms with Crippen molar-refractivity contribution in [3.8, 4) is 0 Å². The third-order valence-electron chi connectivity index (χ3n) is 7.39. The summed E-state index contributed by atoms with van der Waals surface area (Å²) in [6.07, 6.45) is 2.55. The number of nitrogens with one attached hydrogen (secondary N) is 1. The molecule has 0 aromatic heterocycles. The van der Waals surface area contributed by atoms with Crippen molar-refractivity contribution in [2.75, 3.05) is 5.06 Å². The number of benzene rings is 3. The molecule has 5 rings (SSSR count). The minimum absolute atomic E-state index is 0.0407. The van der Waals surface area contributed by atoms with E-state index in [9.17, 15) is 9.36 Å². The highest BCUT2D eigenvalue weighted by molar-refractivity contribution is 7.58. The van der Waals surface area contributed by atoms with E-state index in [0.29, 0.717) is 26.7 Å². The summed E-state index contributed by atoms with van der Waals surface area (Å²) in [6, 6.07) is 21.5. The fourth-order valence-electron chi connectivity index (χ4n) is 4.86. The molecule has 3 unspecified atom stereocenters. The zero-order valence-electron chi connectivity index (χ0n) is 23.1. The number of halogens is 2. The van der Waals surface area contributed by atoms with Gasteiger partial charge in [0.05, 0.1) is 40.4 Å². The quantitative estimate of drug-likeness (QED) is 0.220. The third-order valence-corrected chi connectivity index (χ3v) is 10.1. The third kappa shape index (κ3) is 6.25. The number of aryl methyl sites for hydroxylation is 1. The van der Waals surface area contributed by atoms with Crippen LogP contribution in [-0.4, -0.2) is 18.2 Å². The number of anilines is 2. The molecule has 10 heteroatoms. The van der Waals surface area contributed by atoms with Gasteiger partial charge in [0.2, 0.25) is 0 Å². The molecular weight excluding hydrogens is 582 g/mol. The van der Waals surface area contributed by atoms with E-state index >= 15 is 0 Å².